The highest BCUT2D eigenvalue weighted by molar-refractivity contribution is 9.10. The van der Waals surface area contributed by atoms with Crippen LogP contribution in [0.2, 0.25) is 0 Å². The van der Waals surface area contributed by atoms with Crippen molar-refractivity contribution in [1.82, 2.24) is 15.3 Å². The molecule has 1 saturated heterocycles. The van der Waals surface area contributed by atoms with Crippen LogP contribution in [0.15, 0.2) is 71.2 Å². The summed E-state index contributed by atoms with van der Waals surface area (Å²) in [7, 11) is 0. The van der Waals surface area contributed by atoms with Crippen molar-refractivity contribution < 1.29 is 0 Å². The van der Waals surface area contributed by atoms with Gasteiger partial charge in [0.1, 0.15) is 5.82 Å². The minimum atomic E-state index is 0.248. The SMILES string of the molecule is Nc1nc(Nc2cccc(Br)c2)c2cc(-c3ccc(N4CCNCC4)cc3)ccc2n1. The number of piperazine rings is 1. The summed E-state index contributed by atoms with van der Waals surface area (Å²) < 4.78 is 0.995. The molecule has 0 unspecified atom stereocenters. The van der Waals surface area contributed by atoms with Crippen LogP contribution in [0.4, 0.5) is 23.1 Å². The Hall–Kier alpha value is -3.16. The molecule has 6 nitrogen and oxygen atoms in total. The standard InChI is InChI=1S/C24H23BrN6/c25-18-2-1-3-19(15-18)28-23-21-14-17(6-9-22(21)29-24(26)30-23)16-4-7-20(8-5-16)31-12-10-27-11-13-31/h1-9,14-15,27H,10-13H2,(H3,26,28,29,30). The number of rotatable bonds is 4. The number of anilines is 4. The number of nitrogens with zero attached hydrogens (tertiary/aromatic N) is 3. The molecule has 1 aliphatic rings. The lowest BCUT2D eigenvalue weighted by Crippen LogP contribution is -2.43. The van der Waals surface area contributed by atoms with Crippen molar-refractivity contribution in [3.63, 3.8) is 0 Å². The summed E-state index contributed by atoms with van der Waals surface area (Å²) in [6.45, 7) is 4.14. The summed E-state index contributed by atoms with van der Waals surface area (Å²) in [5, 5.41) is 7.71. The number of hydrogen-bond donors (Lipinski definition) is 3. The minimum absolute atomic E-state index is 0.248. The molecule has 0 saturated carbocycles. The van der Waals surface area contributed by atoms with E-state index < -0.39 is 0 Å². The molecule has 3 aromatic carbocycles. The quantitative estimate of drug-likeness (QED) is 0.394. The fourth-order valence-corrected chi connectivity index (χ4v) is 4.31. The average Bonchev–Trinajstić information content (AvgIpc) is 2.79. The van der Waals surface area contributed by atoms with E-state index in [-0.39, 0.29) is 5.95 Å². The van der Waals surface area contributed by atoms with Crippen molar-refractivity contribution in [2.75, 3.05) is 42.1 Å². The first-order valence-corrected chi connectivity index (χ1v) is 11.1. The van der Waals surface area contributed by atoms with Crippen LogP contribution in [0.3, 0.4) is 0 Å². The molecule has 0 atom stereocenters. The van der Waals surface area contributed by atoms with E-state index in [0.29, 0.717) is 5.82 Å². The summed E-state index contributed by atoms with van der Waals surface area (Å²) in [5.74, 6) is 0.943. The molecule has 0 amide bonds. The van der Waals surface area contributed by atoms with Gasteiger partial charge in [-0.2, -0.15) is 4.98 Å². The van der Waals surface area contributed by atoms with Crippen LogP contribution in [0, 0.1) is 0 Å². The molecule has 0 aliphatic carbocycles. The molecule has 0 spiro atoms. The van der Waals surface area contributed by atoms with Crippen LogP contribution in [0.5, 0.6) is 0 Å². The van der Waals surface area contributed by atoms with Crippen molar-refractivity contribution in [2.45, 2.75) is 0 Å². The zero-order valence-corrected chi connectivity index (χ0v) is 18.6. The molecular weight excluding hydrogens is 452 g/mol. The van der Waals surface area contributed by atoms with E-state index >= 15 is 0 Å². The fourth-order valence-electron chi connectivity index (χ4n) is 3.91. The second-order valence-corrected chi connectivity index (χ2v) is 8.50. The highest BCUT2D eigenvalue weighted by Gasteiger charge is 2.12. The number of aromatic nitrogens is 2. The van der Waals surface area contributed by atoms with Gasteiger partial charge in [-0.1, -0.05) is 40.2 Å². The van der Waals surface area contributed by atoms with Gasteiger partial charge in [0.2, 0.25) is 5.95 Å². The smallest absolute Gasteiger partial charge is 0.222 e. The second kappa shape index (κ2) is 8.53. The minimum Gasteiger partial charge on any atom is -0.369 e. The lowest BCUT2D eigenvalue weighted by atomic mass is 10.0. The summed E-state index contributed by atoms with van der Waals surface area (Å²) in [4.78, 5) is 11.3. The monoisotopic (exact) mass is 474 g/mol. The summed E-state index contributed by atoms with van der Waals surface area (Å²) >= 11 is 3.51. The molecule has 1 aromatic heterocycles. The van der Waals surface area contributed by atoms with E-state index in [1.165, 1.54) is 5.69 Å². The van der Waals surface area contributed by atoms with E-state index in [2.05, 4.69) is 77.8 Å². The van der Waals surface area contributed by atoms with E-state index in [4.69, 9.17) is 5.73 Å². The lowest BCUT2D eigenvalue weighted by Gasteiger charge is -2.29. The highest BCUT2D eigenvalue weighted by Crippen LogP contribution is 2.31. The average molecular weight is 475 g/mol. The van der Waals surface area contributed by atoms with Gasteiger partial charge in [-0.05, 0) is 53.6 Å². The van der Waals surface area contributed by atoms with Gasteiger partial charge in [0, 0.05) is 47.4 Å². The van der Waals surface area contributed by atoms with Crippen molar-refractivity contribution >= 4 is 50.0 Å². The Morgan fingerprint density at radius 2 is 1.68 bits per heavy atom. The Labute approximate surface area is 189 Å². The van der Waals surface area contributed by atoms with Gasteiger partial charge in [-0.25, -0.2) is 4.98 Å². The van der Waals surface area contributed by atoms with Gasteiger partial charge < -0.3 is 21.3 Å². The van der Waals surface area contributed by atoms with Gasteiger partial charge in [-0.15, -0.1) is 0 Å². The van der Waals surface area contributed by atoms with E-state index in [9.17, 15) is 0 Å². The van der Waals surface area contributed by atoms with Crippen LogP contribution in [-0.4, -0.2) is 36.1 Å². The molecule has 4 aromatic rings. The highest BCUT2D eigenvalue weighted by atomic mass is 79.9. The Kier molecular flexibility index (Phi) is 5.44. The third kappa shape index (κ3) is 4.33. The van der Waals surface area contributed by atoms with Gasteiger partial charge >= 0.3 is 0 Å². The summed E-state index contributed by atoms with van der Waals surface area (Å²) in [6, 6.07) is 22.9. The Morgan fingerprint density at radius 1 is 0.903 bits per heavy atom. The number of nitrogens with two attached hydrogens (primary N) is 1. The van der Waals surface area contributed by atoms with Crippen LogP contribution < -0.4 is 21.3 Å². The Balaban J connectivity index is 1.49. The first-order valence-electron chi connectivity index (χ1n) is 10.3. The predicted molar refractivity (Wildman–Crippen MR) is 132 cm³/mol. The van der Waals surface area contributed by atoms with Gasteiger partial charge in [0.15, 0.2) is 0 Å². The number of halogens is 1. The van der Waals surface area contributed by atoms with Crippen LogP contribution in [0.1, 0.15) is 0 Å². The molecule has 5 rings (SSSR count). The molecule has 1 aliphatic heterocycles. The zero-order valence-electron chi connectivity index (χ0n) is 17.0. The maximum Gasteiger partial charge on any atom is 0.222 e. The molecular formula is C24H23BrN6. The molecule has 156 valence electrons. The fraction of sp³-hybridized carbons (Fsp3) is 0.167. The summed E-state index contributed by atoms with van der Waals surface area (Å²) in [6.07, 6.45) is 0. The number of nitrogen functional groups attached to an aromatic ring is 1. The molecule has 4 N–H and O–H groups in total. The maximum absolute atomic E-state index is 5.96. The number of hydrogen-bond acceptors (Lipinski definition) is 6. The van der Waals surface area contributed by atoms with E-state index in [1.54, 1.807) is 0 Å². The molecule has 31 heavy (non-hydrogen) atoms. The topological polar surface area (TPSA) is 79.1 Å². The van der Waals surface area contributed by atoms with Crippen molar-refractivity contribution in [1.29, 1.82) is 0 Å². The first kappa shape index (κ1) is 19.8. The predicted octanol–water partition coefficient (Wildman–Crippen LogP) is 4.79. The van der Waals surface area contributed by atoms with Crippen LogP contribution in [0.25, 0.3) is 22.0 Å². The number of fused-ring (bicyclic) bond motifs is 1. The molecule has 7 heteroatoms. The molecule has 1 fully saturated rings. The van der Waals surface area contributed by atoms with Crippen LogP contribution in [-0.2, 0) is 0 Å². The van der Waals surface area contributed by atoms with Crippen LogP contribution >= 0.6 is 15.9 Å². The molecule has 0 bridgehead atoms. The molecule has 0 radical (unpaired) electrons. The largest absolute Gasteiger partial charge is 0.369 e. The first-order chi connectivity index (χ1) is 15.2. The van der Waals surface area contributed by atoms with Crippen molar-refractivity contribution in [2.24, 2.45) is 0 Å². The van der Waals surface area contributed by atoms with Crippen molar-refractivity contribution in [3.05, 3.63) is 71.2 Å². The second-order valence-electron chi connectivity index (χ2n) is 7.58. The molecule has 2 heterocycles. The Morgan fingerprint density at radius 3 is 2.45 bits per heavy atom. The normalized spacial score (nSPS) is 14.0. The lowest BCUT2D eigenvalue weighted by molar-refractivity contribution is 0.589. The van der Waals surface area contributed by atoms with E-state index in [0.717, 1.165) is 58.4 Å². The number of nitrogens with one attached hydrogen (secondary N) is 2. The Bertz CT molecular complexity index is 1220. The third-order valence-corrected chi connectivity index (χ3v) is 5.98. The maximum atomic E-state index is 5.96. The summed E-state index contributed by atoms with van der Waals surface area (Å²) in [5.41, 5.74) is 11.2. The van der Waals surface area contributed by atoms with Crippen molar-refractivity contribution in [3.8, 4) is 11.1 Å². The van der Waals surface area contributed by atoms with Gasteiger partial charge in [-0.3, -0.25) is 0 Å². The van der Waals surface area contributed by atoms with E-state index in [1.807, 2.05) is 30.3 Å². The van der Waals surface area contributed by atoms with Gasteiger partial charge in [0.05, 0.1) is 5.52 Å². The third-order valence-electron chi connectivity index (χ3n) is 5.48. The van der Waals surface area contributed by atoms with Gasteiger partial charge in [0.25, 0.3) is 0 Å². The number of benzene rings is 3. The zero-order chi connectivity index (χ0) is 21.2.